The molecule has 15 heavy (non-hydrogen) atoms. The van der Waals surface area contributed by atoms with E-state index in [1.165, 1.54) is 0 Å². The van der Waals surface area contributed by atoms with Crippen LogP contribution in [0.2, 0.25) is 10.0 Å². The summed E-state index contributed by atoms with van der Waals surface area (Å²) < 4.78 is 0. The van der Waals surface area contributed by atoms with E-state index >= 15 is 0 Å². The highest BCUT2D eigenvalue weighted by atomic mass is 35.5. The third-order valence-electron chi connectivity index (χ3n) is 2.10. The number of aromatic hydroxyl groups is 1. The number of phenols is 1. The van der Waals surface area contributed by atoms with Crippen LogP contribution in [-0.2, 0) is 0 Å². The standard InChI is InChI=1S/C10H13Cl2NO.ClH/c1-2-3-8(13)6-4-5-7(11)9(12)10(6)14;/h4-5,8,14H,2-3,13H2,1H3;1H/t8-;/m1./s1. The molecule has 0 aliphatic heterocycles. The number of benzene rings is 1. The van der Waals surface area contributed by atoms with Crippen molar-refractivity contribution in [2.24, 2.45) is 5.73 Å². The molecule has 1 rings (SSSR count). The Labute approximate surface area is 106 Å². The molecule has 0 heterocycles. The van der Waals surface area contributed by atoms with Crippen LogP contribution >= 0.6 is 35.6 Å². The van der Waals surface area contributed by atoms with Gasteiger partial charge in [0.15, 0.2) is 0 Å². The molecule has 0 fully saturated rings. The summed E-state index contributed by atoms with van der Waals surface area (Å²) in [4.78, 5) is 0. The van der Waals surface area contributed by atoms with Gasteiger partial charge in [0.05, 0.1) is 5.02 Å². The van der Waals surface area contributed by atoms with Crippen molar-refractivity contribution in [3.63, 3.8) is 0 Å². The second-order valence-electron chi connectivity index (χ2n) is 3.19. The first-order valence-corrected chi connectivity index (χ1v) is 5.26. The molecule has 0 spiro atoms. The van der Waals surface area contributed by atoms with Crippen LogP contribution in [-0.4, -0.2) is 5.11 Å². The van der Waals surface area contributed by atoms with Crippen LogP contribution in [0.25, 0.3) is 0 Å². The maximum atomic E-state index is 9.68. The molecule has 0 saturated carbocycles. The summed E-state index contributed by atoms with van der Waals surface area (Å²) in [5, 5.41) is 10.2. The minimum Gasteiger partial charge on any atom is -0.506 e. The van der Waals surface area contributed by atoms with Crippen molar-refractivity contribution in [2.75, 3.05) is 0 Å². The van der Waals surface area contributed by atoms with Crippen LogP contribution in [0, 0.1) is 0 Å². The number of phenolic OH excluding ortho intramolecular Hbond substituents is 1. The second-order valence-corrected chi connectivity index (χ2v) is 3.98. The van der Waals surface area contributed by atoms with Gasteiger partial charge in [0.2, 0.25) is 0 Å². The Hall–Kier alpha value is -0.150. The molecule has 2 nitrogen and oxygen atoms in total. The molecule has 0 aromatic heterocycles. The Morgan fingerprint density at radius 1 is 1.40 bits per heavy atom. The van der Waals surface area contributed by atoms with Crippen molar-refractivity contribution in [3.05, 3.63) is 27.7 Å². The van der Waals surface area contributed by atoms with Crippen LogP contribution in [0.15, 0.2) is 12.1 Å². The van der Waals surface area contributed by atoms with Gasteiger partial charge in [-0.05, 0) is 12.5 Å². The number of hydrogen-bond donors (Lipinski definition) is 2. The zero-order chi connectivity index (χ0) is 10.7. The number of nitrogens with two attached hydrogens (primary N) is 1. The second kappa shape index (κ2) is 6.44. The van der Waals surface area contributed by atoms with E-state index in [9.17, 15) is 5.11 Å². The van der Waals surface area contributed by atoms with Gasteiger partial charge in [-0.3, -0.25) is 0 Å². The van der Waals surface area contributed by atoms with Crippen molar-refractivity contribution in [3.8, 4) is 5.75 Å². The van der Waals surface area contributed by atoms with Crippen LogP contribution < -0.4 is 5.73 Å². The van der Waals surface area contributed by atoms with Crippen molar-refractivity contribution in [1.29, 1.82) is 0 Å². The smallest absolute Gasteiger partial charge is 0.140 e. The fourth-order valence-electron chi connectivity index (χ4n) is 1.32. The van der Waals surface area contributed by atoms with E-state index in [4.69, 9.17) is 28.9 Å². The Morgan fingerprint density at radius 2 is 2.00 bits per heavy atom. The van der Waals surface area contributed by atoms with E-state index in [2.05, 4.69) is 0 Å². The topological polar surface area (TPSA) is 46.2 Å². The first-order chi connectivity index (χ1) is 6.57. The van der Waals surface area contributed by atoms with Gasteiger partial charge in [-0.2, -0.15) is 0 Å². The third kappa shape index (κ3) is 3.42. The average molecular weight is 271 g/mol. The van der Waals surface area contributed by atoms with E-state index < -0.39 is 0 Å². The first kappa shape index (κ1) is 14.8. The molecule has 1 atom stereocenters. The quantitative estimate of drug-likeness (QED) is 0.874. The summed E-state index contributed by atoms with van der Waals surface area (Å²) >= 11 is 11.5. The van der Waals surface area contributed by atoms with E-state index in [1.54, 1.807) is 12.1 Å². The predicted molar refractivity (Wildman–Crippen MR) is 67.2 cm³/mol. The van der Waals surface area contributed by atoms with Crippen molar-refractivity contribution >= 4 is 35.6 Å². The highest BCUT2D eigenvalue weighted by Crippen LogP contribution is 2.37. The minimum atomic E-state index is -0.185. The molecule has 5 heteroatoms. The first-order valence-electron chi connectivity index (χ1n) is 4.50. The van der Waals surface area contributed by atoms with Crippen LogP contribution in [0.3, 0.4) is 0 Å². The third-order valence-corrected chi connectivity index (χ3v) is 2.89. The maximum Gasteiger partial charge on any atom is 0.140 e. The van der Waals surface area contributed by atoms with E-state index in [-0.39, 0.29) is 29.2 Å². The molecule has 0 radical (unpaired) electrons. The minimum absolute atomic E-state index is 0. The normalized spacial score (nSPS) is 12.0. The molecule has 1 aromatic rings. The summed E-state index contributed by atoms with van der Waals surface area (Å²) in [5.74, 6) is 0.000108. The van der Waals surface area contributed by atoms with Crippen LogP contribution in [0.1, 0.15) is 31.4 Å². The molecular weight excluding hydrogens is 256 g/mol. The van der Waals surface area contributed by atoms with Gasteiger partial charge in [0.25, 0.3) is 0 Å². The maximum absolute atomic E-state index is 9.68. The SMILES string of the molecule is CCC[C@@H](N)c1ccc(Cl)c(Cl)c1O.Cl. The molecule has 0 unspecified atom stereocenters. The largest absolute Gasteiger partial charge is 0.506 e. The average Bonchev–Trinajstić information content (AvgIpc) is 2.15. The molecule has 0 amide bonds. The van der Waals surface area contributed by atoms with Gasteiger partial charge < -0.3 is 10.8 Å². The molecule has 3 N–H and O–H groups in total. The number of halogens is 3. The van der Waals surface area contributed by atoms with Crippen molar-refractivity contribution < 1.29 is 5.11 Å². The molecule has 0 bridgehead atoms. The summed E-state index contributed by atoms with van der Waals surface area (Å²) in [5.41, 5.74) is 6.52. The van der Waals surface area contributed by atoms with Gasteiger partial charge in [0.1, 0.15) is 10.8 Å². The zero-order valence-electron chi connectivity index (χ0n) is 8.34. The molecular formula is C10H14Cl3NO. The number of rotatable bonds is 3. The molecule has 0 aliphatic carbocycles. The molecule has 0 saturated heterocycles. The monoisotopic (exact) mass is 269 g/mol. The van der Waals surface area contributed by atoms with Gasteiger partial charge in [0, 0.05) is 11.6 Å². The summed E-state index contributed by atoms with van der Waals surface area (Å²) in [6.07, 6.45) is 1.77. The van der Waals surface area contributed by atoms with Gasteiger partial charge in [-0.25, -0.2) is 0 Å². The Balaban J connectivity index is 0.00000196. The van der Waals surface area contributed by atoms with Crippen molar-refractivity contribution in [2.45, 2.75) is 25.8 Å². The molecule has 1 aromatic carbocycles. The van der Waals surface area contributed by atoms with E-state index in [0.717, 1.165) is 12.8 Å². The van der Waals surface area contributed by atoms with Gasteiger partial charge in [-0.1, -0.05) is 42.6 Å². The molecule has 86 valence electrons. The Kier molecular flexibility index (Phi) is 6.37. The Bertz CT molecular complexity index is 331. The zero-order valence-corrected chi connectivity index (χ0v) is 10.7. The van der Waals surface area contributed by atoms with E-state index in [0.29, 0.717) is 10.6 Å². The van der Waals surface area contributed by atoms with Gasteiger partial charge in [-0.15, -0.1) is 12.4 Å². The lowest BCUT2D eigenvalue weighted by Crippen LogP contribution is -2.09. The summed E-state index contributed by atoms with van der Waals surface area (Å²) in [6, 6.07) is 3.17. The highest BCUT2D eigenvalue weighted by molar-refractivity contribution is 6.43. The Morgan fingerprint density at radius 3 is 2.53 bits per heavy atom. The lowest BCUT2D eigenvalue weighted by Gasteiger charge is -2.13. The highest BCUT2D eigenvalue weighted by Gasteiger charge is 2.14. The van der Waals surface area contributed by atoms with E-state index in [1.807, 2.05) is 6.92 Å². The lowest BCUT2D eigenvalue weighted by atomic mass is 10.0. The van der Waals surface area contributed by atoms with Crippen molar-refractivity contribution in [1.82, 2.24) is 0 Å². The van der Waals surface area contributed by atoms with Gasteiger partial charge >= 0.3 is 0 Å². The fourth-order valence-corrected chi connectivity index (χ4v) is 1.65. The fraction of sp³-hybridized carbons (Fsp3) is 0.400. The molecule has 0 aliphatic rings. The predicted octanol–water partition coefficient (Wildman–Crippen LogP) is 3.92. The van der Waals surface area contributed by atoms with Crippen LogP contribution in [0.5, 0.6) is 5.75 Å². The van der Waals surface area contributed by atoms with Crippen LogP contribution in [0.4, 0.5) is 0 Å². The summed E-state index contributed by atoms with van der Waals surface area (Å²) in [6.45, 7) is 2.04. The summed E-state index contributed by atoms with van der Waals surface area (Å²) in [7, 11) is 0. The lowest BCUT2D eigenvalue weighted by molar-refractivity contribution is 0.458. The number of hydrogen-bond acceptors (Lipinski definition) is 2.